The number of nitrogens with one attached hydrogen (secondary N) is 1. The Labute approximate surface area is 137 Å². The number of fused-ring (bicyclic) bond motifs is 2. The molecular weight excluding hydrogens is 394 g/mol. The van der Waals surface area contributed by atoms with Gasteiger partial charge in [-0.25, -0.2) is 0 Å². The van der Waals surface area contributed by atoms with E-state index in [1.54, 1.807) is 10.9 Å². The normalized spacial score (nSPS) is 17.7. The van der Waals surface area contributed by atoms with E-state index in [1.165, 1.54) is 3.33 Å². The van der Waals surface area contributed by atoms with Crippen LogP contribution in [0.2, 0.25) is 5.15 Å². The fraction of sp³-hybridized carbons (Fsp3) is 0.333. The van der Waals surface area contributed by atoms with Crippen LogP contribution in [0, 0.1) is 0 Å². The molecule has 1 radical (unpaired) electrons. The number of nitrogens with zero attached hydrogens (tertiary/aromatic N) is 5. The summed E-state index contributed by atoms with van der Waals surface area (Å²) in [6.45, 7) is 3.40. The van der Waals surface area contributed by atoms with E-state index >= 15 is 0 Å². The summed E-state index contributed by atoms with van der Waals surface area (Å²) >= 11 is 5.06. The van der Waals surface area contributed by atoms with Gasteiger partial charge < -0.3 is 0 Å². The zero-order valence-corrected chi connectivity index (χ0v) is 15.3. The van der Waals surface area contributed by atoms with Gasteiger partial charge in [-0.15, -0.1) is 0 Å². The first-order valence-corrected chi connectivity index (χ1v) is 10.1. The quantitative estimate of drug-likeness (QED) is 0.720. The molecule has 0 aliphatic carbocycles. The molecule has 9 heteroatoms. The Bertz CT molecular complexity index is 798. The maximum atomic E-state index is 6.13. The Morgan fingerprint density at radius 2 is 2.38 bits per heavy atom. The first-order valence-electron chi connectivity index (χ1n) is 6.63. The van der Waals surface area contributed by atoms with Gasteiger partial charge in [-0.05, 0) is 0 Å². The Morgan fingerprint density at radius 3 is 3.29 bits per heavy atom. The van der Waals surface area contributed by atoms with Gasteiger partial charge in [0.1, 0.15) is 0 Å². The van der Waals surface area contributed by atoms with Crippen molar-refractivity contribution < 1.29 is 4.74 Å². The molecule has 2 bridgehead atoms. The van der Waals surface area contributed by atoms with Crippen LogP contribution in [0.15, 0.2) is 18.2 Å². The average molecular weight is 406 g/mol. The van der Waals surface area contributed by atoms with Crippen LogP contribution >= 0.6 is 11.6 Å². The maximum absolute atomic E-state index is 6.13. The van der Waals surface area contributed by atoms with Gasteiger partial charge in [0.25, 0.3) is 0 Å². The number of anilines is 1. The third-order valence-electron chi connectivity index (χ3n) is 3.42. The number of allylic oxidation sites excluding steroid dienone is 1. The molecule has 105 valence electrons. The van der Waals surface area contributed by atoms with Gasteiger partial charge in [0.15, 0.2) is 0 Å². The van der Waals surface area contributed by atoms with Crippen LogP contribution in [0.5, 0.6) is 0 Å². The Balaban J connectivity index is 1.85. The third-order valence-corrected chi connectivity index (χ3v) is 6.66. The number of aryl methyl sites for hydroxylation is 1. The van der Waals surface area contributed by atoms with Crippen molar-refractivity contribution in [2.24, 2.45) is 2.98 Å². The molecule has 2 aromatic rings. The molecular formula is C12H11ClInN6O. The van der Waals surface area contributed by atoms with Crippen molar-refractivity contribution in [2.45, 2.75) is 19.9 Å². The molecule has 4 rings (SSSR count). The summed E-state index contributed by atoms with van der Waals surface area (Å²) in [6, 6.07) is 0. The van der Waals surface area contributed by atoms with Crippen molar-refractivity contribution in [2.75, 3.05) is 11.9 Å². The number of rotatable bonds is 0. The van der Waals surface area contributed by atoms with E-state index in [1.807, 2.05) is 0 Å². The van der Waals surface area contributed by atoms with Gasteiger partial charge in [0, 0.05) is 0 Å². The van der Waals surface area contributed by atoms with E-state index in [0.29, 0.717) is 24.3 Å². The number of hydrogen-bond donors (Lipinski definition) is 1. The van der Waals surface area contributed by atoms with E-state index in [0.717, 1.165) is 29.0 Å². The Kier molecular flexibility index (Phi) is 3.30. The van der Waals surface area contributed by atoms with Crippen LogP contribution in [0.1, 0.15) is 13.3 Å². The van der Waals surface area contributed by atoms with Crippen molar-refractivity contribution in [1.82, 2.24) is 19.7 Å². The molecule has 0 unspecified atom stereocenters. The minimum absolute atomic E-state index is 0.433. The van der Waals surface area contributed by atoms with Gasteiger partial charge >= 0.3 is 137 Å². The van der Waals surface area contributed by atoms with E-state index in [4.69, 9.17) is 16.3 Å². The third kappa shape index (κ3) is 2.30. The van der Waals surface area contributed by atoms with Crippen LogP contribution in [0.4, 0.5) is 5.95 Å². The van der Waals surface area contributed by atoms with Crippen molar-refractivity contribution in [3.05, 3.63) is 20.4 Å². The second-order valence-corrected chi connectivity index (χ2v) is 9.20. The van der Waals surface area contributed by atoms with E-state index in [9.17, 15) is 0 Å². The number of hydrogen-bond acceptors (Lipinski definition) is 6. The zero-order valence-electron chi connectivity index (χ0n) is 11.3. The van der Waals surface area contributed by atoms with Crippen LogP contribution in [0.25, 0.3) is 11.0 Å². The van der Waals surface area contributed by atoms with Gasteiger partial charge in [0.05, 0.1) is 0 Å². The van der Waals surface area contributed by atoms with Crippen LogP contribution in [0.3, 0.4) is 0 Å². The summed E-state index contributed by atoms with van der Waals surface area (Å²) in [4.78, 5) is 8.86. The summed E-state index contributed by atoms with van der Waals surface area (Å²) in [5.74, 6) is 1.24. The van der Waals surface area contributed by atoms with Gasteiger partial charge in [0.2, 0.25) is 0 Å². The molecule has 0 fully saturated rings. The van der Waals surface area contributed by atoms with Gasteiger partial charge in [-0.2, -0.15) is 0 Å². The monoisotopic (exact) mass is 405 g/mol. The van der Waals surface area contributed by atoms with E-state index in [-0.39, 0.29) is 0 Å². The van der Waals surface area contributed by atoms with Crippen molar-refractivity contribution in [1.29, 1.82) is 0 Å². The summed E-state index contributed by atoms with van der Waals surface area (Å²) in [6.07, 6.45) is 2.53. The Hall–Kier alpha value is -1.28. The molecule has 2 aliphatic heterocycles. The molecule has 7 nitrogen and oxygen atoms in total. The van der Waals surface area contributed by atoms with E-state index < -0.39 is 23.2 Å². The van der Waals surface area contributed by atoms with Crippen LogP contribution < -0.4 is 5.32 Å². The second kappa shape index (κ2) is 5.17. The first-order chi connectivity index (χ1) is 10.2. The van der Waals surface area contributed by atoms with Crippen molar-refractivity contribution in [3.63, 3.8) is 0 Å². The molecule has 0 spiro atoms. The molecule has 2 aliphatic rings. The average Bonchev–Trinajstić information content (AvgIpc) is 2.97. The van der Waals surface area contributed by atoms with E-state index in [2.05, 4.69) is 30.3 Å². The van der Waals surface area contributed by atoms with Crippen LogP contribution in [-0.4, -0.2) is 55.4 Å². The fourth-order valence-corrected chi connectivity index (χ4v) is 4.97. The first kappa shape index (κ1) is 13.4. The van der Waals surface area contributed by atoms with Crippen molar-refractivity contribution >= 4 is 57.7 Å². The number of halogens is 1. The second-order valence-electron chi connectivity index (χ2n) is 4.89. The van der Waals surface area contributed by atoms with Crippen LogP contribution in [-0.2, 0) is 11.3 Å². The summed E-state index contributed by atoms with van der Waals surface area (Å²) in [5.41, 5.74) is 1.69. The SMILES string of the molecule is C[C]1=C2Nc3ncc4c(Cl)nn(c4n3)CCCOC2=[N][In]1. The zero-order chi connectivity index (χ0) is 14.4. The topological polar surface area (TPSA) is 77.2 Å². The summed E-state index contributed by atoms with van der Waals surface area (Å²) < 4.78 is 13.5. The molecule has 4 heterocycles. The molecule has 2 aromatic heterocycles. The Morgan fingerprint density at radius 1 is 1.48 bits per heavy atom. The summed E-state index contributed by atoms with van der Waals surface area (Å²) in [7, 11) is 0. The molecule has 1 N–H and O–H groups in total. The van der Waals surface area contributed by atoms with Gasteiger partial charge in [-0.1, -0.05) is 0 Å². The predicted molar refractivity (Wildman–Crippen MR) is 80.4 cm³/mol. The molecule has 0 aromatic carbocycles. The molecule has 0 atom stereocenters. The van der Waals surface area contributed by atoms with Gasteiger partial charge in [-0.3, -0.25) is 0 Å². The molecule has 21 heavy (non-hydrogen) atoms. The summed E-state index contributed by atoms with van der Waals surface area (Å²) in [5, 5.41) is 8.76. The molecule has 0 saturated heterocycles. The molecule has 0 saturated carbocycles. The predicted octanol–water partition coefficient (Wildman–Crippen LogP) is 1.57. The number of aromatic nitrogens is 4. The molecule has 0 amide bonds. The fourth-order valence-electron chi connectivity index (χ4n) is 2.35. The standard InChI is InChI=1S/C12H11ClN6O.In/c1-2-8-10(14)20-5-3-4-19-11-7(9(13)18-19)6-15-12(16-8)17-11;/h6H,3-5H2,1H3,(H,15,16,17);/q-1;+1. The minimum atomic E-state index is -1.07. The number of ether oxygens (including phenoxy) is 1. The van der Waals surface area contributed by atoms with Crippen molar-refractivity contribution in [3.8, 4) is 0 Å².